The maximum Gasteiger partial charge on any atom is 0.131 e. The van der Waals surface area contributed by atoms with Gasteiger partial charge in [-0.25, -0.2) is 4.39 Å². The molecular weight excluding hydrogens is 267 g/mol. The first-order valence-electron chi connectivity index (χ1n) is 8.00. The highest BCUT2D eigenvalue weighted by atomic mass is 19.1. The molecule has 0 aliphatic rings. The summed E-state index contributed by atoms with van der Waals surface area (Å²) in [5, 5.41) is 3.29. The second-order valence-corrected chi connectivity index (χ2v) is 5.23. The molecule has 0 radical (unpaired) electrons. The molecule has 0 heterocycles. The zero-order valence-corrected chi connectivity index (χ0v) is 13.8. The van der Waals surface area contributed by atoms with Crippen LogP contribution in [0.5, 0.6) is 5.75 Å². The summed E-state index contributed by atoms with van der Waals surface area (Å²) in [7, 11) is 0. The number of likely N-dealkylation sites (N-methyl/N-ethyl adjacent to an activating group) is 1. The maximum absolute atomic E-state index is 14.1. The molecule has 1 rings (SSSR count). The van der Waals surface area contributed by atoms with E-state index < -0.39 is 0 Å². The molecule has 1 N–H and O–H groups in total. The summed E-state index contributed by atoms with van der Waals surface area (Å²) < 4.78 is 19.8. The van der Waals surface area contributed by atoms with Crippen LogP contribution in [0.15, 0.2) is 18.2 Å². The molecule has 1 aromatic rings. The summed E-state index contributed by atoms with van der Waals surface area (Å²) in [4.78, 5) is 2.28. The summed E-state index contributed by atoms with van der Waals surface area (Å²) in [6, 6.07) is 5.18. The van der Waals surface area contributed by atoms with Gasteiger partial charge in [0.25, 0.3) is 0 Å². The molecule has 0 aliphatic carbocycles. The number of halogens is 1. The van der Waals surface area contributed by atoms with E-state index in [2.05, 4.69) is 31.0 Å². The normalized spacial score (nSPS) is 12.7. The molecule has 0 spiro atoms. The predicted molar refractivity (Wildman–Crippen MR) is 86.4 cm³/mol. The monoisotopic (exact) mass is 296 g/mol. The third kappa shape index (κ3) is 6.02. The molecule has 0 amide bonds. The van der Waals surface area contributed by atoms with Crippen molar-refractivity contribution in [2.45, 2.75) is 40.2 Å². The Hall–Kier alpha value is -1.13. The fraction of sp³-hybridized carbons (Fsp3) is 0.647. The van der Waals surface area contributed by atoms with Gasteiger partial charge in [-0.2, -0.15) is 0 Å². The van der Waals surface area contributed by atoms with Crippen molar-refractivity contribution in [3.8, 4) is 5.75 Å². The van der Waals surface area contributed by atoms with Gasteiger partial charge in [0.2, 0.25) is 0 Å². The van der Waals surface area contributed by atoms with Crippen molar-refractivity contribution in [2.24, 2.45) is 0 Å². The summed E-state index contributed by atoms with van der Waals surface area (Å²) in [5.41, 5.74) is 0.694. The van der Waals surface area contributed by atoms with E-state index in [-0.39, 0.29) is 11.9 Å². The fourth-order valence-electron chi connectivity index (χ4n) is 2.25. The third-order valence-corrected chi connectivity index (χ3v) is 3.71. The van der Waals surface area contributed by atoms with Gasteiger partial charge in [-0.05, 0) is 39.0 Å². The van der Waals surface area contributed by atoms with Crippen molar-refractivity contribution >= 4 is 0 Å². The van der Waals surface area contributed by atoms with E-state index in [9.17, 15) is 4.39 Å². The summed E-state index contributed by atoms with van der Waals surface area (Å²) >= 11 is 0. The van der Waals surface area contributed by atoms with Crippen LogP contribution in [0.4, 0.5) is 4.39 Å². The average Bonchev–Trinajstić information content (AvgIpc) is 2.49. The Morgan fingerprint density at radius 2 is 1.95 bits per heavy atom. The Labute approximate surface area is 128 Å². The van der Waals surface area contributed by atoms with E-state index in [0.29, 0.717) is 17.9 Å². The smallest absolute Gasteiger partial charge is 0.131 e. The van der Waals surface area contributed by atoms with Gasteiger partial charge < -0.3 is 15.0 Å². The van der Waals surface area contributed by atoms with Gasteiger partial charge in [0.1, 0.15) is 18.2 Å². The molecule has 0 aromatic heterocycles. The second kappa shape index (κ2) is 9.74. The Bertz CT molecular complexity index is 408. The molecule has 0 saturated heterocycles. The number of hydrogen-bond acceptors (Lipinski definition) is 3. The van der Waals surface area contributed by atoms with Gasteiger partial charge in [-0.15, -0.1) is 0 Å². The van der Waals surface area contributed by atoms with Crippen molar-refractivity contribution < 1.29 is 9.13 Å². The molecule has 1 aromatic carbocycles. The molecule has 0 saturated carbocycles. The quantitative estimate of drug-likeness (QED) is 0.714. The van der Waals surface area contributed by atoms with Crippen molar-refractivity contribution in [1.29, 1.82) is 0 Å². The Morgan fingerprint density at radius 1 is 1.24 bits per heavy atom. The minimum absolute atomic E-state index is 0.0228. The molecule has 4 heteroatoms. The molecule has 1 unspecified atom stereocenters. The summed E-state index contributed by atoms with van der Waals surface area (Å²) in [6.07, 6.45) is 1.04. The number of benzene rings is 1. The number of ether oxygens (including phenoxy) is 1. The Morgan fingerprint density at radius 3 is 2.52 bits per heavy atom. The van der Waals surface area contributed by atoms with Crippen LogP contribution < -0.4 is 10.1 Å². The van der Waals surface area contributed by atoms with Gasteiger partial charge in [0, 0.05) is 24.2 Å². The number of nitrogens with zero attached hydrogens (tertiary/aromatic N) is 1. The van der Waals surface area contributed by atoms with Gasteiger partial charge in [0.15, 0.2) is 0 Å². The van der Waals surface area contributed by atoms with E-state index in [1.165, 1.54) is 6.07 Å². The third-order valence-electron chi connectivity index (χ3n) is 3.71. The molecular formula is C17H29FN2O. The SMILES string of the molecule is CCCNC(C)c1ccc(OCCN(CC)CC)cc1F. The minimum atomic E-state index is -0.202. The molecule has 0 bridgehead atoms. The largest absolute Gasteiger partial charge is 0.492 e. The van der Waals surface area contributed by atoms with Crippen molar-refractivity contribution in [1.82, 2.24) is 10.2 Å². The van der Waals surface area contributed by atoms with Gasteiger partial charge in [0.05, 0.1) is 0 Å². The summed E-state index contributed by atoms with van der Waals surface area (Å²) in [6.45, 7) is 12.7. The average molecular weight is 296 g/mol. The number of nitrogens with one attached hydrogen (secondary N) is 1. The molecule has 1 atom stereocenters. The first kappa shape index (κ1) is 17.9. The van der Waals surface area contributed by atoms with E-state index in [1.54, 1.807) is 0 Å². The predicted octanol–water partition coefficient (Wildman–Crippen LogP) is 3.61. The lowest BCUT2D eigenvalue weighted by Gasteiger charge is -2.18. The highest BCUT2D eigenvalue weighted by Gasteiger charge is 2.11. The van der Waals surface area contributed by atoms with Crippen LogP contribution in [0.25, 0.3) is 0 Å². The van der Waals surface area contributed by atoms with E-state index in [0.717, 1.165) is 32.6 Å². The Balaban J connectivity index is 2.53. The van der Waals surface area contributed by atoms with Crippen LogP contribution in [0, 0.1) is 5.82 Å². The van der Waals surface area contributed by atoms with Crippen LogP contribution in [0.3, 0.4) is 0 Å². The number of rotatable bonds is 10. The second-order valence-electron chi connectivity index (χ2n) is 5.23. The number of hydrogen-bond donors (Lipinski definition) is 1. The van der Waals surface area contributed by atoms with E-state index >= 15 is 0 Å². The van der Waals surface area contributed by atoms with Crippen molar-refractivity contribution in [3.05, 3.63) is 29.6 Å². The van der Waals surface area contributed by atoms with Crippen LogP contribution in [-0.2, 0) is 0 Å². The zero-order valence-electron chi connectivity index (χ0n) is 13.8. The Kier molecular flexibility index (Phi) is 8.31. The van der Waals surface area contributed by atoms with Gasteiger partial charge in [-0.1, -0.05) is 26.8 Å². The van der Waals surface area contributed by atoms with Crippen LogP contribution >= 0.6 is 0 Å². The van der Waals surface area contributed by atoms with Gasteiger partial charge >= 0.3 is 0 Å². The topological polar surface area (TPSA) is 24.5 Å². The lowest BCUT2D eigenvalue weighted by Crippen LogP contribution is -2.27. The lowest BCUT2D eigenvalue weighted by molar-refractivity contribution is 0.222. The lowest BCUT2D eigenvalue weighted by atomic mass is 10.1. The first-order chi connectivity index (χ1) is 10.1. The summed E-state index contributed by atoms with van der Waals surface area (Å²) in [5.74, 6) is 0.400. The van der Waals surface area contributed by atoms with Crippen molar-refractivity contribution in [2.75, 3.05) is 32.8 Å². The minimum Gasteiger partial charge on any atom is -0.492 e. The first-order valence-corrected chi connectivity index (χ1v) is 8.00. The molecule has 3 nitrogen and oxygen atoms in total. The molecule has 21 heavy (non-hydrogen) atoms. The van der Waals surface area contributed by atoms with Crippen LogP contribution in [0.2, 0.25) is 0 Å². The van der Waals surface area contributed by atoms with Crippen LogP contribution in [-0.4, -0.2) is 37.7 Å². The van der Waals surface area contributed by atoms with Gasteiger partial charge in [-0.3, -0.25) is 0 Å². The molecule has 0 aliphatic heterocycles. The highest BCUT2D eigenvalue weighted by Crippen LogP contribution is 2.21. The van der Waals surface area contributed by atoms with Crippen molar-refractivity contribution in [3.63, 3.8) is 0 Å². The standard InChI is InChI=1S/C17H29FN2O/c1-5-10-19-14(4)16-9-8-15(13-17(16)18)21-12-11-20(6-2)7-3/h8-9,13-14,19H,5-7,10-12H2,1-4H3. The maximum atomic E-state index is 14.1. The van der Waals surface area contributed by atoms with E-state index in [4.69, 9.17) is 4.74 Å². The molecule has 120 valence electrons. The zero-order chi connectivity index (χ0) is 15.7. The fourth-order valence-corrected chi connectivity index (χ4v) is 2.25. The highest BCUT2D eigenvalue weighted by molar-refractivity contribution is 5.30. The van der Waals surface area contributed by atoms with Crippen LogP contribution in [0.1, 0.15) is 45.7 Å². The van der Waals surface area contributed by atoms with E-state index in [1.807, 2.05) is 19.1 Å². The molecule has 0 fully saturated rings.